The lowest BCUT2D eigenvalue weighted by Gasteiger charge is -2.10. The molecule has 17 heavy (non-hydrogen) atoms. The second-order valence-corrected chi connectivity index (χ2v) is 4.10. The average Bonchev–Trinajstić information content (AvgIpc) is 2.94. The molecule has 1 aliphatic heterocycles. The van der Waals surface area contributed by atoms with E-state index in [1.54, 1.807) is 24.7 Å². The van der Waals surface area contributed by atoms with Crippen LogP contribution in [0.1, 0.15) is 17.2 Å². The van der Waals surface area contributed by atoms with Crippen molar-refractivity contribution in [2.45, 2.75) is 12.6 Å². The van der Waals surface area contributed by atoms with Crippen LogP contribution in [0.25, 0.3) is 0 Å². The minimum atomic E-state index is 0.167. The van der Waals surface area contributed by atoms with Crippen LogP contribution >= 0.6 is 0 Å². The Morgan fingerprint density at radius 2 is 2.29 bits per heavy atom. The third-order valence-electron chi connectivity index (χ3n) is 2.91. The van der Waals surface area contributed by atoms with Crippen molar-refractivity contribution in [1.29, 1.82) is 0 Å². The van der Waals surface area contributed by atoms with Gasteiger partial charge in [0.15, 0.2) is 0 Å². The van der Waals surface area contributed by atoms with E-state index < -0.39 is 0 Å². The fourth-order valence-electron chi connectivity index (χ4n) is 2.00. The monoisotopic (exact) mass is 231 g/mol. The minimum Gasteiger partial charge on any atom is -0.508 e. The second kappa shape index (κ2) is 4.14. The van der Waals surface area contributed by atoms with Crippen LogP contribution < -0.4 is 10.1 Å². The zero-order valence-electron chi connectivity index (χ0n) is 9.22. The zero-order valence-corrected chi connectivity index (χ0v) is 9.22. The summed E-state index contributed by atoms with van der Waals surface area (Å²) in [6, 6.07) is 7.32. The first-order valence-corrected chi connectivity index (χ1v) is 5.53. The van der Waals surface area contributed by atoms with Gasteiger partial charge in [-0.2, -0.15) is 0 Å². The normalized spacial score (nSPS) is 17.8. The van der Waals surface area contributed by atoms with Crippen LogP contribution in [0.5, 0.6) is 11.5 Å². The predicted molar refractivity (Wildman–Crippen MR) is 61.9 cm³/mol. The molecule has 4 nitrogen and oxygen atoms in total. The molecule has 0 amide bonds. The summed E-state index contributed by atoms with van der Waals surface area (Å²) in [5.74, 6) is 0.994. The molecule has 2 heterocycles. The van der Waals surface area contributed by atoms with Crippen LogP contribution in [-0.2, 0) is 6.54 Å². The molecule has 1 aromatic carbocycles. The second-order valence-electron chi connectivity index (χ2n) is 4.10. The van der Waals surface area contributed by atoms with Crippen molar-refractivity contribution in [2.24, 2.45) is 0 Å². The first-order valence-electron chi connectivity index (χ1n) is 5.53. The Bertz CT molecular complexity index is 507. The number of hydrogen-bond acceptors (Lipinski definition) is 4. The van der Waals surface area contributed by atoms with E-state index in [9.17, 15) is 5.11 Å². The summed E-state index contributed by atoms with van der Waals surface area (Å²) >= 11 is 0. The van der Waals surface area contributed by atoms with Gasteiger partial charge in [0.1, 0.15) is 18.1 Å². The van der Waals surface area contributed by atoms with Crippen LogP contribution in [0, 0.1) is 0 Å². The van der Waals surface area contributed by atoms with Crippen LogP contribution in [-0.4, -0.2) is 11.7 Å². The highest BCUT2D eigenvalue weighted by Crippen LogP contribution is 2.34. The lowest BCUT2D eigenvalue weighted by atomic mass is 10.1. The van der Waals surface area contributed by atoms with Crippen LogP contribution in [0.2, 0.25) is 0 Å². The SMILES string of the molecule is Oc1ccc2c(c1)OCC2NCc1ccoc1. The van der Waals surface area contributed by atoms with E-state index in [0.29, 0.717) is 6.61 Å². The number of aromatic hydroxyl groups is 1. The molecule has 0 aliphatic carbocycles. The van der Waals surface area contributed by atoms with Crippen molar-refractivity contribution in [3.8, 4) is 11.5 Å². The lowest BCUT2D eigenvalue weighted by Crippen LogP contribution is -2.21. The van der Waals surface area contributed by atoms with Gasteiger partial charge >= 0.3 is 0 Å². The molecular weight excluding hydrogens is 218 g/mol. The smallest absolute Gasteiger partial charge is 0.127 e. The van der Waals surface area contributed by atoms with Crippen molar-refractivity contribution in [3.63, 3.8) is 0 Å². The third-order valence-corrected chi connectivity index (χ3v) is 2.91. The summed E-state index contributed by atoms with van der Waals surface area (Å²) in [4.78, 5) is 0. The quantitative estimate of drug-likeness (QED) is 0.850. The molecular formula is C13H13NO3. The topological polar surface area (TPSA) is 54.6 Å². The van der Waals surface area contributed by atoms with Gasteiger partial charge in [0.05, 0.1) is 18.6 Å². The number of rotatable bonds is 3. The Morgan fingerprint density at radius 3 is 3.12 bits per heavy atom. The molecule has 0 spiro atoms. The maximum absolute atomic E-state index is 9.35. The van der Waals surface area contributed by atoms with Gasteiger partial charge in [0, 0.05) is 23.7 Å². The Kier molecular flexibility index (Phi) is 2.49. The number of furan rings is 1. The van der Waals surface area contributed by atoms with Crippen LogP contribution in [0.3, 0.4) is 0 Å². The van der Waals surface area contributed by atoms with Gasteiger partial charge in [-0.05, 0) is 18.2 Å². The van der Waals surface area contributed by atoms with Crippen molar-refractivity contribution in [3.05, 3.63) is 47.9 Å². The first-order chi connectivity index (χ1) is 8.33. The summed E-state index contributed by atoms with van der Waals surface area (Å²) in [6.07, 6.45) is 3.38. The van der Waals surface area contributed by atoms with E-state index in [2.05, 4.69) is 5.32 Å². The molecule has 1 aliphatic rings. The van der Waals surface area contributed by atoms with Crippen molar-refractivity contribution >= 4 is 0 Å². The molecule has 0 saturated carbocycles. The maximum Gasteiger partial charge on any atom is 0.127 e. The van der Waals surface area contributed by atoms with Gasteiger partial charge in [-0.25, -0.2) is 0 Å². The van der Waals surface area contributed by atoms with E-state index in [-0.39, 0.29) is 11.8 Å². The molecule has 88 valence electrons. The van der Waals surface area contributed by atoms with Gasteiger partial charge < -0.3 is 19.6 Å². The number of phenols is 1. The van der Waals surface area contributed by atoms with Gasteiger partial charge in [-0.15, -0.1) is 0 Å². The van der Waals surface area contributed by atoms with E-state index >= 15 is 0 Å². The molecule has 1 atom stereocenters. The maximum atomic E-state index is 9.35. The highest BCUT2D eigenvalue weighted by molar-refractivity contribution is 5.44. The van der Waals surface area contributed by atoms with Gasteiger partial charge in [0.25, 0.3) is 0 Å². The summed E-state index contributed by atoms with van der Waals surface area (Å²) < 4.78 is 10.5. The molecule has 3 rings (SSSR count). The number of hydrogen-bond donors (Lipinski definition) is 2. The summed E-state index contributed by atoms with van der Waals surface area (Å²) in [5.41, 5.74) is 2.20. The molecule has 4 heteroatoms. The summed E-state index contributed by atoms with van der Waals surface area (Å²) in [7, 11) is 0. The summed E-state index contributed by atoms with van der Waals surface area (Å²) in [5, 5.41) is 12.7. The fraction of sp³-hybridized carbons (Fsp3) is 0.231. The van der Waals surface area contributed by atoms with Gasteiger partial charge in [-0.3, -0.25) is 0 Å². The molecule has 1 unspecified atom stereocenters. The van der Waals surface area contributed by atoms with Crippen molar-refractivity contribution in [1.82, 2.24) is 5.32 Å². The van der Waals surface area contributed by atoms with Crippen molar-refractivity contribution < 1.29 is 14.3 Å². The Morgan fingerprint density at radius 1 is 1.35 bits per heavy atom. The number of fused-ring (bicyclic) bond motifs is 1. The zero-order chi connectivity index (χ0) is 11.7. The highest BCUT2D eigenvalue weighted by Gasteiger charge is 2.23. The third kappa shape index (κ3) is 1.99. The first kappa shape index (κ1) is 10.2. The largest absolute Gasteiger partial charge is 0.508 e. The summed E-state index contributed by atoms with van der Waals surface area (Å²) in [6.45, 7) is 1.33. The van der Waals surface area contributed by atoms with E-state index in [1.165, 1.54) is 0 Å². The van der Waals surface area contributed by atoms with Crippen LogP contribution in [0.15, 0.2) is 41.2 Å². The average molecular weight is 231 g/mol. The Hall–Kier alpha value is -1.94. The number of nitrogens with one attached hydrogen (secondary N) is 1. The fourth-order valence-corrected chi connectivity index (χ4v) is 2.00. The molecule has 0 bridgehead atoms. The molecule has 0 fully saturated rings. The van der Waals surface area contributed by atoms with E-state index in [1.807, 2.05) is 12.1 Å². The van der Waals surface area contributed by atoms with E-state index in [4.69, 9.17) is 9.15 Å². The van der Waals surface area contributed by atoms with Gasteiger partial charge in [0.2, 0.25) is 0 Å². The molecule has 2 aromatic rings. The lowest BCUT2D eigenvalue weighted by molar-refractivity contribution is 0.309. The van der Waals surface area contributed by atoms with Gasteiger partial charge in [-0.1, -0.05) is 0 Å². The van der Waals surface area contributed by atoms with Crippen molar-refractivity contribution in [2.75, 3.05) is 6.61 Å². The van der Waals surface area contributed by atoms with Crippen LogP contribution in [0.4, 0.5) is 0 Å². The Balaban J connectivity index is 1.71. The standard InChI is InChI=1S/C13H13NO3/c15-10-1-2-11-12(8-17-13(11)5-10)14-6-9-3-4-16-7-9/h1-5,7,12,14-15H,6,8H2. The molecule has 0 radical (unpaired) electrons. The Labute approximate surface area is 98.8 Å². The minimum absolute atomic E-state index is 0.167. The number of benzene rings is 1. The molecule has 2 N–H and O–H groups in total. The number of phenolic OH excluding ortho intramolecular Hbond substituents is 1. The highest BCUT2D eigenvalue weighted by atomic mass is 16.5. The number of ether oxygens (including phenoxy) is 1. The molecule has 0 saturated heterocycles. The molecule has 1 aromatic heterocycles. The predicted octanol–water partition coefficient (Wildman–Crippen LogP) is 2.21. The van der Waals surface area contributed by atoms with E-state index in [0.717, 1.165) is 23.4 Å².